The van der Waals surface area contributed by atoms with Gasteiger partial charge in [0.2, 0.25) is 0 Å². The Kier molecular flexibility index (Phi) is 4.81. The third-order valence-corrected chi connectivity index (χ3v) is 4.47. The molecule has 1 amide bonds. The molecule has 4 rings (SSSR count). The zero-order valence-electron chi connectivity index (χ0n) is 14.7. The molecule has 8 nitrogen and oxygen atoms in total. The van der Waals surface area contributed by atoms with E-state index in [4.69, 9.17) is 21.1 Å². The normalized spacial score (nSPS) is 12.5. The highest BCUT2D eigenvalue weighted by molar-refractivity contribution is 6.30. The zero-order valence-corrected chi connectivity index (χ0v) is 15.5. The van der Waals surface area contributed by atoms with Gasteiger partial charge in [0.1, 0.15) is 24.6 Å². The lowest BCUT2D eigenvalue weighted by Crippen LogP contribution is -2.38. The maximum absolute atomic E-state index is 13.4. The van der Waals surface area contributed by atoms with Crippen LogP contribution in [0.1, 0.15) is 10.4 Å². The lowest BCUT2D eigenvalue weighted by molar-refractivity contribution is 0.102. The van der Waals surface area contributed by atoms with E-state index in [2.05, 4.69) is 10.3 Å². The van der Waals surface area contributed by atoms with E-state index in [9.17, 15) is 18.8 Å². The Morgan fingerprint density at radius 3 is 2.62 bits per heavy atom. The van der Waals surface area contributed by atoms with Crippen molar-refractivity contribution in [3.8, 4) is 17.2 Å². The Hall–Kier alpha value is -3.59. The summed E-state index contributed by atoms with van der Waals surface area (Å²) in [4.78, 5) is 39.8. The fraction of sp³-hybridized carbons (Fsp3) is 0.105. The van der Waals surface area contributed by atoms with Crippen LogP contribution in [-0.2, 0) is 0 Å². The van der Waals surface area contributed by atoms with E-state index in [1.54, 1.807) is 18.2 Å². The summed E-state index contributed by atoms with van der Waals surface area (Å²) in [7, 11) is 0. The van der Waals surface area contributed by atoms with E-state index in [1.807, 2.05) is 0 Å². The Labute approximate surface area is 167 Å². The Morgan fingerprint density at radius 2 is 1.86 bits per heavy atom. The number of rotatable bonds is 3. The molecule has 0 aliphatic carbocycles. The Bertz CT molecular complexity index is 1240. The van der Waals surface area contributed by atoms with Gasteiger partial charge in [-0.1, -0.05) is 11.6 Å². The van der Waals surface area contributed by atoms with E-state index < -0.39 is 23.0 Å². The SMILES string of the molecule is O=C(Nc1ccc2c(c1)OCCO2)c1c[nH]c(=O)n(-c2ccc(F)c(Cl)c2)c1=O. The molecule has 1 aliphatic rings. The maximum atomic E-state index is 13.4. The lowest BCUT2D eigenvalue weighted by atomic mass is 10.2. The topological polar surface area (TPSA) is 102 Å². The van der Waals surface area contributed by atoms with Crippen molar-refractivity contribution < 1.29 is 18.7 Å². The van der Waals surface area contributed by atoms with Gasteiger partial charge >= 0.3 is 5.69 Å². The summed E-state index contributed by atoms with van der Waals surface area (Å²) in [6.07, 6.45) is 1.01. The van der Waals surface area contributed by atoms with E-state index in [0.717, 1.165) is 18.3 Å². The number of benzene rings is 2. The van der Waals surface area contributed by atoms with Gasteiger partial charge in [-0.2, -0.15) is 0 Å². The number of hydrogen-bond acceptors (Lipinski definition) is 5. The van der Waals surface area contributed by atoms with Crippen LogP contribution in [0, 0.1) is 5.82 Å². The molecular weight excluding hydrogens is 405 g/mol. The van der Waals surface area contributed by atoms with Gasteiger partial charge in [-0.3, -0.25) is 9.59 Å². The van der Waals surface area contributed by atoms with Crippen LogP contribution in [0.15, 0.2) is 52.2 Å². The first-order chi connectivity index (χ1) is 13.9. The lowest BCUT2D eigenvalue weighted by Gasteiger charge is -2.19. The molecule has 0 bridgehead atoms. The Morgan fingerprint density at radius 1 is 1.10 bits per heavy atom. The van der Waals surface area contributed by atoms with Crippen molar-refractivity contribution >= 4 is 23.2 Å². The number of anilines is 1. The fourth-order valence-electron chi connectivity index (χ4n) is 2.81. The van der Waals surface area contributed by atoms with Crippen LogP contribution in [0.3, 0.4) is 0 Å². The number of aromatic nitrogens is 2. The number of nitrogens with zero attached hydrogens (tertiary/aromatic N) is 1. The smallest absolute Gasteiger partial charge is 0.333 e. The van der Waals surface area contributed by atoms with Gasteiger partial charge in [-0.05, 0) is 30.3 Å². The first kappa shape index (κ1) is 18.8. The Balaban J connectivity index is 1.68. The number of halogens is 2. The van der Waals surface area contributed by atoms with Gasteiger partial charge in [0.25, 0.3) is 11.5 Å². The molecule has 3 aromatic rings. The molecule has 1 aromatic heterocycles. The van der Waals surface area contributed by atoms with Crippen molar-refractivity contribution in [1.29, 1.82) is 0 Å². The van der Waals surface area contributed by atoms with Crippen LogP contribution in [0.5, 0.6) is 11.5 Å². The van der Waals surface area contributed by atoms with Crippen molar-refractivity contribution in [2.75, 3.05) is 18.5 Å². The molecule has 10 heteroatoms. The van der Waals surface area contributed by atoms with Crippen LogP contribution < -0.4 is 26.0 Å². The molecule has 2 aromatic carbocycles. The average molecular weight is 418 g/mol. The number of amides is 1. The molecule has 0 atom stereocenters. The van der Waals surface area contributed by atoms with Crippen LogP contribution in [-0.4, -0.2) is 28.7 Å². The molecule has 148 valence electrons. The molecule has 2 heterocycles. The summed E-state index contributed by atoms with van der Waals surface area (Å²) in [5, 5.41) is 2.31. The summed E-state index contributed by atoms with van der Waals surface area (Å²) in [5.74, 6) is -0.431. The van der Waals surface area contributed by atoms with E-state index in [1.165, 1.54) is 6.07 Å². The second kappa shape index (κ2) is 7.44. The summed E-state index contributed by atoms with van der Waals surface area (Å²) in [6.45, 7) is 0.818. The third kappa shape index (κ3) is 3.59. The van der Waals surface area contributed by atoms with Gasteiger partial charge in [-0.15, -0.1) is 0 Å². The van der Waals surface area contributed by atoms with Gasteiger partial charge in [0.15, 0.2) is 11.5 Å². The minimum absolute atomic E-state index is 0.0247. The summed E-state index contributed by atoms with van der Waals surface area (Å²) in [5.41, 5.74) is -1.60. The minimum Gasteiger partial charge on any atom is -0.486 e. The molecule has 0 unspecified atom stereocenters. The predicted molar refractivity (Wildman–Crippen MR) is 103 cm³/mol. The van der Waals surface area contributed by atoms with Gasteiger partial charge in [0.05, 0.1) is 10.7 Å². The second-order valence-corrected chi connectivity index (χ2v) is 6.47. The minimum atomic E-state index is -0.883. The first-order valence-corrected chi connectivity index (χ1v) is 8.83. The molecule has 0 fully saturated rings. The molecule has 0 radical (unpaired) electrons. The summed E-state index contributed by atoms with van der Waals surface area (Å²) < 4.78 is 25.0. The molecule has 29 heavy (non-hydrogen) atoms. The average Bonchev–Trinajstić information content (AvgIpc) is 2.70. The number of carbonyl (C=O) groups excluding carboxylic acids is 1. The molecule has 0 saturated heterocycles. The molecular formula is C19H13ClFN3O5. The van der Waals surface area contributed by atoms with E-state index >= 15 is 0 Å². The second-order valence-electron chi connectivity index (χ2n) is 6.06. The summed E-state index contributed by atoms with van der Waals surface area (Å²) in [6, 6.07) is 8.14. The number of fused-ring (bicyclic) bond motifs is 1. The van der Waals surface area contributed by atoms with Crippen LogP contribution in [0.2, 0.25) is 5.02 Å². The van der Waals surface area contributed by atoms with Crippen molar-refractivity contribution in [2.45, 2.75) is 0 Å². The fourth-order valence-corrected chi connectivity index (χ4v) is 2.99. The van der Waals surface area contributed by atoms with Gasteiger partial charge in [0, 0.05) is 18.0 Å². The monoisotopic (exact) mass is 417 g/mol. The number of H-pyrrole nitrogens is 1. The maximum Gasteiger partial charge on any atom is 0.333 e. The molecule has 0 spiro atoms. The molecule has 0 saturated carbocycles. The largest absolute Gasteiger partial charge is 0.486 e. The van der Waals surface area contributed by atoms with Gasteiger partial charge < -0.3 is 19.8 Å². The van der Waals surface area contributed by atoms with Crippen molar-refractivity contribution in [2.24, 2.45) is 0 Å². The number of carbonyl (C=O) groups is 1. The number of ether oxygens (including phenoxy) is 2. The standard InChI is InChI=1S/C19H13ClFN3O5/c20-13-8-11(2-3-14(13)21)24-18(26)12(9-22-19(24)27)17(25)23-10-1-4-15-16(7-10)29-6-5-28-15/h1-4,7-9H,5-6H2,(H,22,27)(H,23,25). The van der Waals surface area contributed by atoms with E-state index in [-0.39, 0.29) is 16.3 Å². The van der Waals surface area contributed by atoms with Crippen LogP contribution >= 0.6 is 11.6 Å². The number of aromatic amines is 1. The highest BCUT2D eigenvalue weighted by atomic mass is 35.5. The predicted octanol–water partition coefficient (Wildman–Crippen LogP) is 2.34. The highest BCUT2D eigenvalue weighted by Crippen LogP contribution is 2.32. The van der Waals surface area contributed by atoms with Crippen LogP contribution in [0.25, 0.3) is 5.69 Å². The number of hydrogen-bond donors (Lipinski definition) is 2. The molecule has 2 N–H and O–H groups in total. The van der Waals surface area contributed by atoms with E-state index in [0.29, 0.717) is 35.0 Å². The first-order valence-electron chi connectivity index (χ1n) is 8.45. The zero-order chi connectivity index (χ0) is 20.5. The number of nitrogens with one attached hydrogen (secondary N) is 2. The quantitative estimate of drug-likeness (QED) is 0.681. The molecule has 1 aliphatic heterocycles. The highest BCUT2D eigenvalue weighted by Gasteiger charge is 2.18. The van der Waals surface area contributed by atoms with Crippen LogP contribution in [0.4, 0.5) is 10.1 Å². The van der Waals surface area contributed by atoms with Gasteiger partial charge in [-0.25, -0.2) is 13.8 Å². The summed E-state index contributed by atoms with van der Waals surface area (Å²) >= 11 is 5.73. The van der Waals surface area contributed by atoms with Crippen molar-refractivity contribution in [1.82, 2.24) is 9.55 Å². The van der Waals surface area contributed by atoms with Crippen molar-refractivity contribution in [3.05, 3.63) is 79.8 Å². The third-order valence-electron chi connectivity index (χ3n) is 4.18. The van der Waals surface area contributed by atoms with Crippen molar-refractivity contribution in [3.63, 3.8) is 0 Å².